The van der Waals surface area contributed by atoms with Gasteiger partial charge in [-0.25, -0.2) is 9.97 Å². The predicted octanol–water partition coefficient (Wildman–Crippen LogP) is 1.45. The third-order valence-electron chi connectivity index (χ3n) is 3.20. The maximum Gasteiger partial charge on any atom is 0.256 e. The second-order valence-electron chi connectivity index (χ2n) is 4.77. The van der Waals surface area contributed by atoms with Gasteiger partial charge in [0, 0.05) is 43.1 Å². The first-order valence-electron chi connectivity index (χ1n) is 6.94. The third kappa shape index (κ3) is 3.46. The molecule has 0 spiro atoms. The number of anilines is 1. The molecular formula is C16H14N6O. The average molecular weight is 306 g/mol. The Morgan fingerprint density at radius 2 is 1.70 bits per heavy atom. The van der Waals surface area contributed by atoms with Gasteiger partial charge in [-0.2, -0.15) is 0 Å². The number of nitrogens with two attached hydrogens (primary N) is 1. The topological polar surface area (TPSA) is 107 Å². The van der Waals surface area contributed by atoms with Crippen molar-refractivity contribution in [2.45, 2.75) is 6.54 Å². The van der Waals surface area contributed by atoms with Crippen molar-refractivity contribution in [3.63, 3.8) is 0 Å². The minimum Gasteiger partial charge on any atom is -0.383 e. The Morgan fingerprint density at radius 1 is 1.04 bits per heavy atom. The van der Waals surface area contributed by atoms with Crippen LogP contribution in [-0.4, -0.2) is 25.8 Å². The number of nitrogens with zero attached hydrogens (tertiary/aromatic N) is 4. The summed E-state index contributed by atoms with van der Waals surface area (Å²) < 4.78 is 0. The zero-order valence-electron chi connectivity index (χ0n) is 12.2. The lowest BCUT2D eigenvalue weighted by Crippen LogP contribution is -2.24. The number of carbonyl (C=O) groups excluding carboxylic acids is 1. The highest BCUT2D eigenvalue weighted by molar-refractivity contribution is 5.98. The van der Waals surface area contributed by atoms with E-state index in [1.165, 1.54) is 6.20 Å². The van der Waals surface area contributed by atoms with Crippen LogP contribution in [0.3, 0.4) is 0 Å². The summed E-state index contributed by atoms with van der Waals surface area (Å²) >= 11 is 0. The highest BCUT2D eigenvalue weighted by Gasteiger charge is 2.13. The molecule has 23 heavy (non-hydrogen) atoms. The average Bonchev–Trinajstić information content (AvgIpc) is 2.61. The summed E-state index contributed by atoms with van der Waals surface area (Å²) in [5.41, 5.74) is 7.87. The standard InChI is InChI=1S/C16H14N6O/c17-14-13(16(23)21-9-11-1-5-18-6-2-11)10-20-15(22-14)12-3-7-19-8-4-12/h1-8,10H,9H2,(H,21,23)(H2,17,20,22). The number of hydrogen-bond acceptors (Lipinski definition) is 6. The molecule has 0 saturated carbocycles. The molecule has 0 fully saturated rings. The van der Waals surface area contributed by atoms with Crippen molar-refractivity contribution in [1.82, 2.24) is 25.3 Å². The van der Waals surface area contributed by atoms with Crippen LogP contribution in [0.5, 0.6) is 0 Å². The minimum absolute atomic E-state index is 0.138. The fourth-order valence-corrected chi connectivity index (χ4v) is 1.99. The van der Waals surface area contributed by atoms with Gasteiger partial charge in [-0.15, -0.1) is 0 Å². The number of rotatable bonds is 4. The van der Waals surface area contributed by atoms with Crippen molar-refractivity contribution in [2.24, 2.45) is 0 Å². The molecule has 3 N–H and O–H groups in total. The molecule has 0 atom stereocenters. The minimum atomic E-state index is -0.319. The molecule has 0 unspecified atom stereocenters. The van der Waals surface area contributed by atoms with Crippen molar-refractivity contribution in [1.29, 1.82) is 0 Å². The SMILES string of the molecule is Nc1nc(-c2ccncc2)ncc1C(=O)NCc1ccncc1. The zero-order chi connectivity index (χ0) is 16.1. The smallest absolute Gasteiger partial charge is 0.256 e. The molecular weight excluding hydrogens is 292 g/mol. The van der Waals surface area contributed by atoms with Crippen LogP contribution in [0.25, 0.3) is 11.4 Å². The highest BCUT2D eigenvalue weighted by atomic mass is 16.1. The van der Waals surface area contributed by atoms with E-state index in [1.54, 1.807) is 36.9 Å². The van der Waals surface area contributed by atoms with Gasteiger partial charge in [-0.05, 0) is 29.8 Å². The Labute approximate surface area is 132 Å². The van der Waals surface area contributed by atoms with Gasteiger partial charge in [0.05, 0.1) is 5.56 Å². The van der Waals surface area contributed by atoms with Crippen LogP contribution in [0, 0.1) is 0 Å². The second-order valence-corrected chi connectivity index (χ2v) is 4.77. The summed E-state index contributed by atoms with van der Waals surface area (Å²) in [6.07, 6.45) is 8.05. The van der Waals surface area contributed by atoms with E-state index in [4.69, 9.17) is 5.73 Å². The monoisotopic (exact) mass is 306 g/mol. The second kappa shape index (κ2) is 6.61. The quantitative estimate of drug-likeness (QED) is 0.755. The van der Waals surface area contributed by atoms with E-state index in [-0.39, 0.29) is 17.3 Å². The Hall–Kier alpha value is -3.35. The maximum atomic E-state index is 12.2. The predicted molar refractivity (Wildman–Crippen MR) is 85.1 cm³/mol. The number of amides is 1. The zero-order valence-corrected chi connectivity index (χ0v) is 12.2. The molecule has 1 amide bonds. The van der Waals surface area contributed by atoms with Crippen LogP contribution in [0.4, 0.5) is 5.82 Å². The van der Waals surface area contributed by atoms with E-state index in [0.29, 0.717) is 12.4 Å². The van der Waals surface area contributed by atoms with Crippen LogP contribution in [0.15, 0.2) is 55.2 Å². The number of nitrogens with one attached hydrogen (secondary N) is 1. The fourth-order valence-electron chi connectivity index (χ4n) is 1.99. The molecule has 7 heteroatoms. The van der Waals surface area contributed by atoms with Crippen molar-refractivity contribution in [2.75, 3.05) is 5.73 Å². The molecule has 114 valence electrons. The van der Waals surface area contributed by atoms with E-state index in [9.17, 15) is 4.79 Å². The molecule has 0 aliphatic rings. The van der Waals surface area contributed by atoms with E-state index >= 15 is 0 Å². The number of pyridine rings is 2. The molecule has 3 heterocycles. The lowest BCUT2D eigenvalue weighted by Gasteiger charge is -2.08. The normalized spacial score (nSPS) is 10.3. The summed E-state index contributed by atoms with van der Waals surface area (Å²) in [6, 6.07) is 7.20. The summed E-state index contributed by atoms with van der Waals surface area (Å²) in [7, 11) is 0. The fraction of sp³-hybridized carbons (Fsp3) is 0.0625. The Bertz CT molecular complexity index is 807. The van der Waals surface area contributed by atoms with Crippen molar-refractivity contribution in [3.8, 4) is 11.4 Å². The lowest BCUT2D eigenvalue weighted by molar-refractivity contribution is 0.0951. The molecule has 0 aliphatic heterocycles. The van der Waals surface area contributed by atoms with Crippen LogP contribution in [0.2, 0.25) is 0 Å². The van der Waals surface area contributed by atoms with Gasteiger partial charge >= 0.3 is 0 Å². The Balaban J connectivity index is 1.74. The van der Waals surface area contributed by atoms with E-state index in [1.807, 2.05) is 12.1 Å². The number of carbonyl (C=O) groups is 1. The number of aromatic nitrogens is 4. The van der Waals surface area contributed by atoms with Crippen LogP contribution >= 0.6 is 0 Å². The van der Waals surface area contributed by atoms with Crippen molar-refractivity contribution >= 4 is 11.7 Å². The summed E-state index contributed by atoms with van der Waals surface area (Å²) in [6.45, 7) is 0.382. The lowest BCUT2D eigenvalue weighted by atomic mass is 10.2. The first-order chi connectivity index (χ1) is 11.2. The van der Waals surface area contributed by atoms with Gasteiger partial charge in [0.15, 0.2) is 5.82 Å². The largest absolute Gasteiger partial charge is 0.383 e. The Kier molecular flexibility index (Phi) is 4.19. The van der Waals surface area contributed by atoms with Crippen LogP contribution < -0.4 is 11.1 Å². The molecule has 0 aliphatic carbocycles. The number of nitrogen functional groups attached to an aromatic ring is 1. The molecule has 0 saturated heterocycles. The van der Waals surface area contributed by atoms with Crippen molar-refractivity contribution < 1.29 is 4.79 Å². The summed E-state index contributed by atoms with van der Waals surface area (Å²) in [5.74, 6) is 0.273. The Morgan fingerprint density at radius 3 is 2.35 bits per heavy atom. The molecule has 0 aromatic carbocycles. The highest BCUT2D eigenvalue weighted by Crippen LogP contribution is 2.16. The van der Waals surface area contributed by atoms with Gasteiger partial charge < -0.3 is 11.1 Å². The van der Waals surface area contributed by atoms with E-state index < -0.39 is 0 Å². The van der Waals surface area contributed by atoms with Crippen LogP contribution in [0.1, 0.15) is 15.9 Å². The maximum absolute atomic E-state index is 12.2. The van der Waals surface area contributed by atoms with Crippen molar-refractivity contribution in [3.05, 3.63) is 66.4 Å². The first kappa shape index (κ1) is 14.6. The van der Waals surface area contributed by atoms with Crippen LogP contribution in [-0.2, 0) is 6.54 Å². The molecule has 3 aromatic heterocycles. The van der Waals surface area contributed by atoms with Gasteiger partial charge in [-0.1, -0.05) is 0 Å². The number of hydrogen-bond donors (Lipinski definition) is 2. The molecule has 7 nitrogen and oxygen atoms in total. The third-order valence-corrected chi connectivity index (χ3v) is 3.20. The van der Waals surface area contributed by atoms with Gasteiger partial charge in [0.25, 0.3) is 5.91 Å². The summed E-state index contributed by atoms with van der Waals surface area (Å²) in [5, 5.41) is 2.78. The molecule has 3 aromatic rings. The molecule has 0 radical (unpaired) electrons. The van der Waals surface area contributed by atoms with Gasteiger partial charge in [0.2, 0.25) is 0 Å². The first-order valence-corrected chi connectivity index (χ1v) is 6.94. The van der Waals surface area contributed by atoms with E-state index in [0.717, 1.165) is 11.1 Å². The molecule has 3 rings (SSSR count). The van der Waals surface area contributed by atoms with Gasteiger partial charge in [0.1, 0.15) is 5.82 Å². The summed E-state index contributed by atoms with van der Waals surface area (Å²) in [4.78, 5) is 28.4. The van der Waals surface area contributed by atoms with E-state index in [2.05, 4.69) is 25.3 Å². The molecule has 0 bridgehead atoms. The van der Waals surface area contributed by atoms with Gasteiger partial charge in [-0.3, -0.25) is 14.8 Å².